The monoisotopic (exact) mass is 421 g/mol. The van der Waals surface area contributed by atoms with Crippen molar-refractivity contribution in [3.8, 4) is 17.2 Å². The molecule has 0 unspecified atom stereocenters. The Hall–Kier alpha value is -2.78. The summed E-state index contributed by atoms with van der Waals surface area (Å²) in [6.45, 7) is -0.0619. The third-order valence-corrected chi connectivity index (χ3v) is 5.98. The molecule has 1 saturated carbocycles. The van der Waals surface area contributed by atoms with Crippen molar-refractivity contribution in [3.63, 3.8) is 0 Å². The van der Waals surface area contributed by atoms with Crippen LogP contribution < -0.4 is 18.9 Å². The van der Waals surface area contributed by atoms with E-state index in [0.29, 0.717) is 17.1 Å². The van der Waals surface area contributed by atoms with Crippen molar-refractivity contribution in [1.29, 1.82) is 0 Å². The number of rotatable bonds is 9. The molecule has 29 heavy (non-hydrogen) atoms. The van der Waals surface area contributed by atoms with Gasteiger partial charge in [-0.3, -0.25) is 0 Å². The van der Waals surface area contributed by atoms with Gasteiger partial charge >= 0.3 is 5.97 Å². The fourth-order valence-corrected chi connectivity index (χ4v) is 4.22. The fourth-order valence-electron chi connectivity index (χ4n) is 2.72. The van der Waals surface area contributed by atoms with Crippen LogP contribution in [0.15, 0.2) is 41.3 Å². The van der Waals surface area contributed by atoms with Crippen LogP contribution >= 0.6 is 0 Å². The molecule has 1 fully saturated rings. The zero-order valence-corrected chi connectivity index (χ0v) is 17.2. The Morgan fingerprint density at radius 2 is 1.69 bits per heavy atom. The summed E-state index contributed by atoms with van der Waals surface area (Å²) < 4.78 is 48.7. The highest BCUT2D eigenvalue weighted by Gasteiger charge is 2.30. The molecule has 0 spiro atoms. The van der Waals surface area contributed by atoms with E-state index in [2.05, 4.69) is 4.72 Å². The molecule has 0 amide bonds. The van der Waals surface area contributed by atoms with Gasteiger partial charge in [0.15, 0.2) is 0 Å². The molecule has 9 heteroatoms. The van der Waals surface area contributed by atoms with E-state index in [1.165, 1.54) is 39.5 Å². The lowest BCUT2D eigenvalue weighted by molar-refractivity contribution is 0.0469. The first-order chi connectivity index (χ1) is 13.9. The van der Waals surface area contributed by atoms with Crippen LogP contribution in [0.1, 0.15) is 28.8 Å². The molecular weight excluding hydrogens is 398 g/mol. The number of esters is 1. The zero-order valence-electron chi connectivity index (χ0n) is 16.4. The number of sulfonamides is 1. The van der Waals surface area contributed by atoms with Crippen LogP contribution in [0.2, 0.25) is 0 Å². The standard InChI is InChI=1S/C20H23NO7S/c1-25-16-7-9-17(26-2)14(10-16)12-28-20(22)13-4-8-18(27-3)19(11-13)29(23,24)21-15-5-6-15/h4,7-11,15,21H,5-6,12H2,1-3H3. The summed E-state index contributed by atoms with van der Waals surface area (Å²) in [5, 5.41) is 0. The molecule has 0 radical (unpaired) electrons. The number of benzene rings is 2. The number of hydrogen-bond donors (Lipinski definition) is 1. The molecule has 1 N–H and O–H groups in total. The van der Waals surface area contributed by atoms with Gasteiger partial charge in [0.25, 0.3) is 0 Å². The van der Waals surface area contributed by atoms with Crippen molar-refractivity contribution in [1.82, 2.24) is 4.72 Å². The van der Waals surface area contributed by atoms with Crippen LogP contribution in [0, 0.1) is 0 Å². The van der Waals surface area contributed by atoms with Crippen molar-refractivity contribution in [2.45, 2.75) is 30.4 Å². The Bertz CT molecular complexity index is 1000. The van der Waals surface area contributed by atoms with Crippen molar-refractivity contribution in [2.24, 2.45) is 0 Å². The van der Waals surface area contributed by atoms with Gasteiger partial charge in [-0.05, 0) is 49.2 Å². The largest absolute Gasteiger partial charge is 0.497 e. The van der Waals surface area contributed by atoms with Crippen molar-refractivity contribution in [3.05, 3.63) is 47.5 Å². The van der Waals surface area contributed by atoms with Gasteiger partial charge in [-0.1, -0.05) is 0 Å². The van der Waals surface area contributed by atoms with E-state index < -0.39 is 16.0 Å². The van der Waals surface area contributed by atoms with E-state index in [-0.39, 0.29) is 28.9 Å². The normalized spacial score (nSPS) is 13.6. The molecular formula is C20H23NO7S. The highest BCUT2D eigenvalue weighted by atomic mass is 32.2. The Kier molecular flexibility index (Phi) is 6.29. The number of nitrogens with one attached hydrogen (secondary N) is 1. The molecule has 156 valence electrons. The third-order valence-electron chi connectivity index (χ3n) is 4.43. The Balaban J connectivity index is 1.80. The predicted molar refractivity (Wildman–Crippen MR) is 105 cm³/mol. The first kappa shape index (κ1) is 20.9. The predicted octanol–water partition coefficient (Wildman–Crippen LogP) is 2.51. The lowest BCUT2D eigenvalue weighted by Crippen LogP contribution is -2.26. The second kappa shape index (κ2) is 8.71. The number of carbonyl (C=O) groups is 1. The Labute approximate surface area is 169 Å². The van der Waals surface area contributed by atoms with Crippen LogP contribution in [0.5, 0.6) is 17.2 Å². The summed E-state index contributed by atoms with van der Waals surface area (Å²) in [5.41, 5.74) is 0.723. The highest BCUT2D eigenvalue weighted by Crippen LogP contribution is 2.29. The van der Waals surface area contributed by atoms with Gasteiger partial charge in [-0.15, -0.1) is 0 Å². The molecule has 2 aromatic rings. The Morgan fingerprint density at radius 3 is 2.31 bits per heavy atom. The van der Waals surface area contributed by atoms with Crippen molar-refractivity contribution >= 4 is 16.0 Å². The van der Waals surface area contributed by atoms with Crippen LogP contribution in [0.3, 0.4) is 0 Å². The van der Waals surface area contributed by atoms with Gasteiger partial charge in [0, 0.05) is 11.6 Å². The molecule has 0 aliphatic heterocycles. The topological polar surface area (TPSA) is 100 Å². The van der Waals surface area contributed by atoms with Crippen molar-refractivity contribution < 1.29 is 32.2 Å². The van der Waals surface area contributed by atoms with Crippen LogP contribution in [0.4, 0.5) is 0 Å². The number of ether oxygens (including phenoxy) is 4. The maximum absolute atomic E-state index is 12.6. The minimum absolute atomic E-state index is 0.0619. The summed E-state index contributed by atoms with van der Waals surface area (Å²) in [6.07, 6.45) is 1.59. The number of methoxy groups -OCH3 is 3. The first-order valence-corrected chi connectivity index (χ1v) is 10.4. The van der Waals surface area contributed by atoms with Gasteiger partial charge < -0.3 is 18.9 Å². The molecule has 0 atom stereocenters. The summed E-state index contributed by atoms with van der Waals surface area (Å²) in [6, 6.07) is 9.23. The molecule has 1 aliphatic rings. The van der Waals surface area contributed by atoms with E-state index >= 15 is 0 Å². The lowest BCUT2D eigenvalue weighted by atomic mass is 10.2. The minimum atomic E-state index is -3.80. The second-order valence-corrected chi connectivity index (χ2v) is 8.20. The van der Waals surface area contributed by atoms with Gasteiger partial charge in [-0.25, -0.2) is 17.9 Å². The quantitative estimate of drug-likeness (QED) is 0.621. The molecule has 0 saturated heterocycles. The number of carbonyl (C=O) groups excluding carboxylic acids is 1. The average Bonchev–Trinajstić information content (AvgIpc) is 3.54. The van der Waals surface area contributed by atoms with Gasteiger partial charge in [0.05, 0.1) is 26.9 Å². The summed E-state index contributed by atoms with van der Waals surface area (Å²) in [5.74, 6) is 0.635. The molecule has 3 rings (SSSR count). The molecule has 0 heterocycles. The van der Waals surface area contributed by atoms with Crippen molar-refractivity contribution in [2.75, 3.05) is 21.3 Å². The average molecular weight is 421 g/mol. The van der Waals surface area contributed by atoms with Crippen LogP contribution in [-0.2, 0) is 21.4 Å². The summed E-state index contributed by atoms with van der Waals surface area (Å²) >= 11 is 0. The smallest absolute Gasteiger partial charge is 0.338 e. The maximum atomic E-state index is 12.6. The SMILES string of the molecule is COc1ccc(OC)c(COC(=O)c2ccc(OC)c(S(=O)(=O)NC3CC3)c2)c1. The number of hydrogen-bond acceptors (Lipinski definition) is 7. The fraction of sp³-hybridized carbons (Fsp3) is 0.350. The molecule has 0 bridgehead atoms. The third kappa shape index (κ3) is 4.99. The van der Waals surface area contributed by atoms with Gasteiger partial charge in [-0.2, -0.15) is 0 Å². The van der Waals surface area contributed by atoms with E-state index in [9.17, 15) is 13.2 Å². The highest BCUT2D eigenvalue weighted by molar-refractivity contribution is 7.89. The minimum Gasteiger partial charge on any atom is -0.497 e. The second-order valence-electron chi connectivity index (χ2n) is 6.52. The first-order valence-electron chi connectivity index (χ1n) is 8.96. The van der Waals surface area contributed by atoms with E-state index in [0.717, 1.165) is 12.8 Å². The Morgan fingerprint density at radius 1 is 1.00 bits per heavy atom. The van der Waals surface area contributed by atoms with E-state index in [1.807, 2.05) is 0 Å². The van der Waals surface area contributed by atoms with Crippen LogP contribution in [-0.4, -0.2) is 41.8 Å². The lowest BCUT2D eigenvalue weighted by Gasteiger charge is -2.13. The van der Waals surface area contributed by atoms with Gasteiger partial charge in [0.2, 0.25) is 10.0 Å². The van der Waals surface area contributed by atoms with Crippen LogP contribution in [0.25, 0.3) is 0 Å². The van der Waals surface area contributed by atoms with E-state index in [1.54, 1.807) is 18.2 Å². The molecule has 0 aromatic heterocycles. The molecule has 1 aliphatic carbocycles. The molecule has 8 nitrogen and oxygen atoms in total. The maximum Gasteiger partial charge on any atom is 0.338 e. The van der Waals surface area contributed by atoms with Gasteiger partial charge in [0.1, 0.15) is 28.8 Å². The summed E-state index contributed by atoms with van der Waals surface area (Å²) in [7, 11) is 0.620. The van der Waals surface area contributed by atoms with E-state index in [4.69, 9.17) is 18.9 Å². The summed E-state index contributed by atoms with van der Waals surface area (Å²) in [4.78, 5) is 12.4. The zero-order chi connectivity index (χ0) is 21.0. The molecule has 2 aromatic carbocycles.